The summed E-state index contributed by atoms with van der Waals surface area (Å²) in [6, 6.07) is 14.5. The Morgan fingerprint density at radius 2 is 1.86 bits per heavy atom. The molecule has 1 N–H and O–H groups in total. The molecule has 2 aromatic rings. The van der Waals surface area contributed by atoms with Gasteiger partial charge in [0.15, 0.2) is 9.84 Å². The minimum atomic E-state index is -3.36. The predicted molar refractivity (Wildman–Crippen MR) is 82.0 cm³/mol. The molecule has 6 heteroatoms. The van der Waals surface area contributed by atoms with Crippen molar-refractivity contribution < 1.29 is 13.5 Å². The van der Waals surface area contributed by atoms with Crippen LogP contribution in [0.4, 0.5) is 0 Å². The van der Waals surface area contributed by atoms with Gasteiger partial charge in [-0.05, 0) is 42.5 Å². The normalized spacial score (nSPS) is 11.0. The van der Waals surface area contributed by atoms with E-state index in [1.54, 1.807) is 18.2 Å². The number of phenols is 1. The molecule has 2 rings (SSSR count). The van der Waals surface area contributed by atoms with Crippen molar-refractivity contribution in [3.63, 3.8) is 0 Å². The maximum atomic E-state index is 12.1. The molecular formula is C15H13NO3S2. The second kappa shape index (κ2) is 6.66. The van der Waals surface area contributed by atoms with Gasteiger partial charge in [-0.2, -0.15) is 5.26 Å². The van der Waals surface area contributed by atoms with Crippen molar-refractivity contribution in [2.24, 2.45) is 0 Å². The Balaban J connectivity index is 1.99. The Labute approximate surface area is 128 Å². The number of hydrogen-bond donors (Lipinski definition) is 1. The molecule has 0 aliphatic rings. The molecule has 0 unspecified atom stereocenters. The largest absolute Gasteiger partial charge is 0.508 e. The topological polar surface area (TPSA) is 78.2 Å². The van der Waals surface area contributed by atoms with Gasteiger partial charge in [0.25, 0.3) is 0 Å². The first-order chi connectivity index (χ1) is 10.0. The van der Waals surface area contributed by atoms with E-state index in [0.717, 1.165) is 4.90 Å². The van der Waals surface area contributed by atoms with Crippen LogP contribution in [0.1, 0.15) is 5.56 Å². The molecule has 0 atom stereocenters. The highest BCUT2D eigenvalue weighted by Gasteiger charge is 2.14. The summed E-state index contributed by atoms with van der Waals surface area (Å²) in [5, 5.41) is 18.0. The van der Waals surface area contributed by atoms with Crippen LogP contribution >= 0.6 is 11.8 Å². The van der Waals surface area contributed by atoms with Crippen LogP contribution in [0.25, 0.3) is 0 Å². The molecule has 0 aliphatic heterocycles. The fourth-order valence-electron chi connectivity index (χ4n) is 1.70. The maximum Gasteiger partial charge on any atom is 0.179 e. The SMILES string of the molecule is N#Cc1ccc(S(=O)(=O)CCSc2cccc(O)c2)cc1. The van der Waals surface area contributed by atoms with Crippen molar-refractivity contribution in [1.82, 2.24) is 0 Å². The van der Waals surface area contributed by atoms with E-state index in [4.69, 9.17) is 5.26 Å². The van der Waals surface area contributed by atoms with E-state index in [1.165, 1.54) is 36.0 Å². The van der Waals surface area contributed by atoms with Gasteiger partial charge in [-0.3, -0.25) is 0 Å². The van der Waals surface area contributed by atoms with E-state index in [1.807, 2.05) is 12.1 Å². The first-order valence-corrected chi connectivity index (χ1v) is 8.80. The molecule has 0 heterocycles. The number of aromatic hydroxyl groups is 1. The fourth-order valence-corrected chi connectivity index (χ4v) is 4.31. The summed E-state index contributed by atoms with van der Waals surface area (Å²) in [4.78, 5) is 1.04. The van der Waals surface area contributed by atoms with Crippen LogP contribution in [0.5, 0.6) is 5.75 Å². The van der Waals surface area contributed by atoms with Crippen LogP contribution in [0, 0.1) is 11.3 Å². The number of rotatable bonds is 5. The second-order valence-electron chi connectivity index (χ2n) is 4.30. The van der Waals surface area contributed by atoms with Crippen LogP contribution in [0.3, 0.4) is 0 Å². The molecule has 0 radical (unpaired) electrons. The molecule has 0 bridgehead atoms. The van der Waals surface area contributed by atoms with Crippen molar-refractivity contribution in [1.29, 1.82) is 5.26 Å². The van der Waals surface area contributed by atoms with E-state index in [-0.39, 0.29) is 16.4 Å². The summed E-state index contributed by atoms with van der Waals surface area (Å²) in [5.74, 6) is 0.556. The molecular weight excluding hydrogens is 306 g/mol. The van der Waals surface area contributed by atoms with Gasteiger partial charge in [-0.1, -0.05) is 6.07 Å². The highest BCUT2D eigenvalue weighted by atomic mass is 32.2. The minimum Gasteiger partial charge on any atom is -0.508 e. The summed E-state index contributed by atoms with van der Waals surface area (Å²) in [5.41, 5.74) is 0.433. The first-order valence-electron chi connectivity index (χ1n) is 6.16. The van der Waals surface area contributed by atoms with Gasteiger partial charge in [0, 0.05) is 10.6 Å². The molecule has 0 amide bonds. The third-order valence-corrected chi connectivity index (χ3v) is 5.77. The molecule has 2 aromatic carbocycles. The van der Waals surface area contributed by atoms with Crippen LogP contribution in [-0.2, 0) is 9.84 Å². The third-order valence-electron chi connectivity index (χ3n) is 2.78. The Morgan fingerprint density at radius 1 is 1.14 bits per heavy atom. The summed E-state index contributed by atoms with van der Waals surface area (Å²) < 4.78 is 24.3. The van der Waals surface area contributed by atoms with Gasteiger partial charge in [-0.25, -0.2) is 8.42 Å². The lowest BCUT2D eigenvalue weighted by molar-refractivity contribution is 0.474. The number of nitrogens with zero attached hydrogens (tertiary/aromatic N) is 1. The molecule has 0 spiro atoms. The molecule has 0 aromatic heterocycles. The van der Waals surface area contributed by atoms with Gasteiger partial charge >= 0.3 is 0 Å². The van der Waals surface area contributed by atoms with E-state index >= 15 is 0 Å². The molecule has 0 aliphatic carbocycles. The van der Waals surface area contributed by atoms with Gasteiger partial charge in [0.1, 0.15) is 5.75 Å². The predicted octanol–water partition coefficient (Wildman–Crippen LogP) is 2.83. The van der Waals surface area contributed by atoms with Gasteiger partial charge < -0.3 is 5.11 Å². The van der Waals surface area contributed by atoms with E-state index in [9.17, 15) is 13.5 Å². The lowest BCUT2D eigenvalue weighted by Gasteiger charge is -2.05. The van der Waals surface area contributed by atoms with E-state index in [2.05, 4.69) is 0 Å². The number of hydrogen-bond acceptors (Lipinski definition) is 5. The minimum absolute atomic E-state index is 0.000771. The Kier molecular flexibility index (Phi) is 4.89. The van der Waals surface area contributed by atoms with Gasteiger partial charge in [0.2, 0.25) is 0 Å². The third kappa shape index (κ3) is 4.25. The number of benzene rings is 2. The highest BCUT2D eigenvalue weighted by Crippen LogP contribution is 2.23. The van der Waals surface area contributed by atoms with Crippen molar-refractivity contribution >= 4 is 21.6 Å². The Morgan fingerprint density at radius 3 is 2.48 bits per heavy atom. The Hall–Kier alpha value is -1.97. The van der Waals surface area contributed by atoms with E-state index < -0.39 is 9.84 Å². The van der Waals surface area contributed by atoms with Crippen LogP contribution in [0.15, 0.2) is 58.3 Å². The molecule has 0 saturated carbocycles. The molecule has 0 fully saturated rings. The lowest BCUT2D eigenvalue weighted by Crippen LogP contribution is -2.08. The lowest BCUT2D eigenvalue weighted by atomic mass is 10.2. The molecule has 4 nitrogen and oxygen atoms in total. The van der Waals surface area contributed by atoms with Crippen LogP contribution < -0.4 is 0 Å². The quantitative estimate of drug-likeness (QED) is 0.857. The van der Waals surface area contributed by atoms with Crippen LogP contribution in [-0.4, -0.2) is 25.0 Å². The average Bonchev–Trinajstić information content (AvgIpc) is 2.47. The molecule has 0 saturated heterocycles. The van der Waals surface area contributed by atoms with Crippen molar-refractivity contribution in [3.8, 4) is 11.8 Å². The van der Waals surface area contributed by atoms with Crippen molar-refractivity contribution in [2.75, 3.05) is 11.5 Å². The summed E-state index contributed by atoms with van der Waals surface area (Å²) in [6.45, 7) is 0. The maximum absolute atomic E-state index is 12.1. The summed E-state index contributed by atoms with van der Waals surface area (Å²) in [6.07, 6.45) is 0. The fraction of sp³-hybridized carbons (Fsp3) is 0.133. The van der Waals surface area contributed by atoms with Crippen molar-refractivity contribution in [2.45, 2.75) is 9.79 Å². The first kappa shape index (κ1) is 15.4. The highest BCUT2D eigenvalue weighted by molar-refractivity contribution is 8.00. The Bertz CT molecular complexity index is 762. The zero-order valence-corrected chi connectivity index (χ0v) is 12.7. The summed E-state index contributed by atoms with van der Waals surface area (Å²) >= 11 is 1.37. The number of phenolic OH excluding ortho intramolecular Hbond substituents is 1. The van der Waals surface area contributed by atoms with Crippen LogP contribution in [0.2, 0.25) is 0 Å². The summed E-state index contributed by atoms with van der Waals surface area (Å²) in [7, 11) is -3.36. The number of nitriles is 1. The van der Waals surface area contributed by atoms with Gasteiger partial charge in [-0.15, -0.1) is 11.8 Å². The number of sulfone groups is 1. The number of thioether (sulfide) groups is 1. The monoisotopic (exact) mass is 319 g/mol. The van der Waals surface area contributed by atoms with Gasteiger partial charge in [0.05, 0.1) is 22.3 Å². The second-order valence-corrected chi connectivity index (χ2v) is 7.58. The zero-order valence-electron chi connectivity index (χ0n) is 11.1. The average molecular weight is 319 g/mol. The standard InChI is InChI=1S/C15H13NO3S2/c16-11-12-4-6-15(7-5-12)21(18,19)9-8-20-14-3-1-2-13(17)10-14/h1-7,10,17H,8-9H2. The zero-order chi connectivity index (χ0) is 15.3. The van der Waals surface area contributed by atoms with E-state index in [0.29, 0.717) is 11.3 Å². The molecule has 21 heavy (non-hydrogen) atoms. The smallest absolute Gasteiger partial charge is 0.179 e. The van der Waals surface area contributed by atoms with Crippen molar-refractivity contribution in [3.05, 3.63) is 54.1 Å². The molecule has 108 valence electrons.